The lowest BCUT2D eigenvalue weighted by atomic mass is 10.2. The minimum absolute atomic E-state index is 0.0169. The Labute approximate surface area is 172 Å². The first-order valence-corrected chi connectivity index (χ1v) is 11.5. The molecular weight excluding hydrogens is 444 g/mol. The van der Waals surface area contributed by atoms with Gasteiger partial charge in [-0.3, -0.25) is 0 Å². The standard InChI is InChI=1S/C9H9ClO4S.C9H8O4S/c10-5-6-15(13,14)8-3-1-7(2-4-8)9(11)12;1-2-14(12,13)8-5-3-7(4-6-8)9(10)11/h1-4H,5-6H2,(H,11,12);2-6H,1H2,(H,10,11). The van der Waals surface area contributed by atoms with Crippen molar-refractivity contribution < 1.29 is 36.6 Å². The van der Waals surface area contributed by atoms with Gasteiger partial charge in [0.05, 0.1) is 26.7 Å². The molecule has 0 atom stereocenters. The maximum atomic E-state index is 11.5. The molecule has 11 heteroatoms. The monoisotopic (exact) mass is 460 g/mol. The van der Waals surface area contributed by atoms with Crippen molar-refractivity contribution >= 4 is 43.2 Å². The van der Waals surface area contributed by atoms with Gasteiger partial charge in [0.2, 0.25) is 0 Å². The molecule has 0 radical (unpaired) electrons. The van der Waals surface area contributed by atoms with Gasteiger partial charge in [-0.05, 0) is 48.5 Å². The first-order chi connectivity index (χ1) is 13.4. The van der Waals surface area contributed by atoms with Gasteiger partial charge in [-0.1, -0.05) is 6.58 Å². The summed E-state index contributed by atoms with van der Waals surface area (Å²) in [6, 6.07) is 9.99. The van der Waals surface area contributed by atoms with E-state index in [0.29, 0.717) is 0 Å². The molecule has 0 unspecified atom stereocenters. The van der Waals surface area contributed by atoms with Crippen LogP contribution >= 0.6 is 11.6 Å². The Balaban J connectivity index is 0.000000291. The lowest BCUT2D eigenvalue weighted by Gasteiger charge is -2.02. The summed E-state index contributed by atoms with van der Waals surface area (Å²) in [4.78, 5) is 21.1. The number of halogens is 1. The van der Waals surface area contributed by atoms with Crippen LogP contribution in [0, 0.1) is 0 Å². The Hall–Kier alpha value is -2.69. The molecule has 0 aliphatic heterocycles. The van der Waals surface area contributed by atoms with Gasteiger partial charge in [0.15, 0.2) is 19.7 Å². The van der Waals surface area contributed by atoms with E-state index in [1.165, 1.54) is 48.5 Å². The van der Waals surface area contributed by atoms with Gasteiger partial charge in [-0.25, -0.2) is 26.4 Å². The van der Waals surface area contributed by atoms with Crippen molar-refractivity contribution in [2.24, 2.45) is 0 Å². The average Bonchev–Trinajstić information content (AvgIpc) is 2.68. The highest BCUT2D eigenvalue weighted by Gasteiger charge is 2.14. The Bertz CT molecular complexity index is 1090. The molecule has 2 rings (SSSR count). The van der Waals surface area contributed by atoms with Crippen molar-refractivity contribution in [3.8, 4) is 0 Å². The van der Waals surface area contributed by atoms with E-state index in [1.807, 2.05) is 0 Å². The molecular formula is C18H17ClO8S2. The number of benzene rings is 2. The first-order valence-electron chi connectivity index (χ1n) is 7.77. The molecule has 0 bridgehead atoms. The van der Waals surface area contributed by atoms with E-state index in [1.54, 1.807) is 0 Å². The van der Waals surface area contributed by atoms with E-state index in [2.05, 4.69) is 6.58 Å². The van der Waals surface area contributed by atoms with Gasteiger partial charge in [0, 0.05) is 11.3 Å². The second-order valence-corrected chi connectivity index (χ2v) is 9.76. The highest BCUT2D eigenvalue weighted by Crippen LogP contribution is 2.13. The Morgan fingerprint density at radius 1 is 0.828 bits per heavy atom. The van der Waals surface area contributed by atoms with Crippen LogP contribution in [0.4, 0.5) is 0 Å². The molecule has 0 saturated carbocycles. The molecule has 29 heavy (non-hydrogen) atoms. The summed E-state index contributed by atoms with van der Waals surface area (Å²) >= 11 is 5.34. The molecule has 2 N–H and O–H groups in total. The van der Waals surface area contributed by atoms with E-state index < -0.39 is 31.6 Å². The number of alkyl halides is 1. The smallest absolute Gasteiger partial charge is 0.335 e. The zero-order chi connectivity index (χ0) is 22.2. The molecule has 2 aromatic rings. The predicted molar refractivity (Wildman–Crippen MR) is 107 cm³/mol. The number of rotatable bonds is 7. The second kappa shape index (κ2) is 10.2. The molecule has 8 nitrogen and oxygen atoms in total. The number of carbonyl (C=O) groups is 2. The summed E-state index contributed by atoms with van der Waals surface area (Å²) in [6.45, 7) is 3.16. The SMILES string of the molecule is C=CS(=O)(=O)c1ccc(C(=O)O)cc1.O=C(O)c1ccc(S(=O)(=O)CCCl)cc1. The van der Waals surface area contributed by atoms with Crippen molar-refractivity contribution in [2.45, 2.75) is 9.79 Å². The van der Waals surface area contributed by atoms with Crippen molar-refractivity contribution in [3.63, 3.8) is 0 Å². The van der Waals surface area contributed by atoms with Crippen LogP contribution in [0.1, 0.15) is 20.7 Å². The topological polar surface area (TPSA) is 143 Å². The molecule has 0 heterocycles. The zero-order valence-corrected chi connectivity index (χ0v) is 17.2. The average molecular weight is 461 g/mol. The van der Waals surface area contributed by atoms with Crippen molar-refractivity contribution in [2.75, 3.05) is 11.6 Å². The van der Waals surface area contributed by atoms with Gasteiger partial charge < -0.3 is 10.2 Å². The van der Waals surface area contributed by atoms with Gasteiger partial charge in [-0.15, -0.1) is 11.6 Å². The minimum Gasteiger partial charge on any atom is -0.478 e. The molecule has 0 aromatic heterocycles. The lowest BCUT2D eigenvalue weighted by Crippen LogP contribution is -2.08. The summed E-state index contributed by atoms with van der Waals surface area (Å²) in [5.74, 6) is -2.31. The van der Waals surface area contributed by atoms with E-state index in [9.17, 15) is 26.4 Å². The summed E-state index contributed by atoms with van der Waals surface area (Å²) in [5.41, 5.74) is 0.104. The van der Waals surface area contributed by atoms with E-state index >= 15 is 0 Å². The van der Waals surface area contributed by atoms with Crippen LogP contribution in [0.15, 0.2) is 70.3 Å². The van der Waals surface area contributed by atoms with E-state index in [4.69, 9.17) is 21.8 Å². The third kappa shape index (κ3) is 7.00. The number of carboxylic acids is 2. The van der Waals surface area contributed by atoms with Crippen LogP contribution in [0.3, 0.4) is 0 Å². The number of hydrogen-bond acceptors (Lipinski definition) is 6. The summed E-state index contributed by atoms with van der Waals surface area (Å²) in [5, 5.41) is 18.0. The Morgan fingerprint density at radius 2 is 1.21 bits per heavy atom. The third-order valence-corrected chi connectivity index (χ3v) is 6.97. The van der Waals surface area contributed by atoms with Crippen molar-refractivity contribution in [1.29, 1.82) is 0 Å². The first kappa shape index (κ1) is 24.3. The third-order valence-electron chi connectivity index (χ3n) is 3.46. The van der Waals surface area contributed by atoms with Crippen LogP contribution < -0.4 is 0 Å². The number of hydrogen-bond donors (Lipinski definition) is 2. The molecule has 0 aliphatic carbocycles. The zero-order valence-electron chi connectivity index (χ0n) is 14.9. The highest BCUT2D eigenvalue weighted by molar-refractivity contribution is 7.94. The van der Waals surface area contributed by atoms with Crippen LogP contribution in [0.2, 0.25) is 0 Å². The molecule has 0 fully saturated rings. The molecule has 0 spiro atoms. The van der Waals surface area contributed by atoms with E-state index in [0.717, 1.165) is 5.41 Å². The fraction of sp³-hybridized carbons (Fsp3) is 0.111. The molecule has 0 aliphatic rings. The van der Waals surface area contributed by atoms with Gasteiger partial charge in [-0.2, -0.15) is 0 Å². The van der Waals surface area contributed by atoms with Crippen LogP contribution in [-0.4, -0.2) is 50.6 Å². The predicted octanol–water partition coefficient (Wildman–Crippen LogP) is 2.70. The Morgan fingerprint density at radius 3 is 1.52 bits per heavy atom. The normalized spacial score (nSPS) is 11.1. The largest absolute Gasteiger partial charge is 0.478 e. The maximum absolute atomic E-state index is 11.5. The molecule has 0 saturated heterocycles. The van der Waals surface area contributed by atoms with Gasteiger partial charge >= 0.3 is 11.9 Å². The quantitative estimate of drug-likeness (QED) is 0.600. The number of aromatic carboxylic acids is 2. The lowest BCUT2D eigenvalue weighted by molar-refractivity contribution is 0.0686. The summed E-state index contributed by atoms with van der Waals surface area (Å²) < 4.78 is 45.4. The Kier molecular flexibility index (Phi) is 8.56. The van der Waals surface area contributed by atoms with Crippen LogP contribution in [0.25, 0.3) is 0 Å². The van der Waals surface area contributed by atoms with Gasteiger partial charge in [0.1, 0.15) is 0 Å². The minimum atomic E-state index is -3.47. The van der Waals surface area contributed by atoms with Crippen LogP contribution in [-0.2, 0) is 19.7 Å². The second-order valence-electron chi connectivity index (χ2n) is 5.38. The maximum Gasteiger partial charge on any atom is 0.335 e. The summed E-state index contributed by atoms with van der Waals surface area (Å²) in [7, 11) is -6.85. The fourth-order valence-corrected chi connectivity index (χ4v) is 4.21. The van der Waals surface area contributed by atoms with Gasteiger partial charge in [0.25, 0.3) is 0 Å². The number of sulfone groups is 2. The number of carboxylic acid groups (broad SMARTS) is 2. The summed E-state index contributed by atoms with van der Waals surface area (Å²) in [6.07, 6.45) is 0. The van der Waals surface area contributed by atoms with Crippen molar-refractivity contribution in [3.05, 3.63) is 71.6 Å². The van der Waals surface area contributed by atoms with Crippen molar-refractivity contribution in [1.82, 2.24) is 0 Å². The molecule has 2 aromatic carbocycles. The fourth-order valence-electron chi connectivity index (χ4n) is 1.91. The molecule has 156 valence electrons. The van der Waals surface area contributed by atoms with E-state index in [-0.39, 0.29) is 32.6 Å². The molecule has 0 amide bonds. The van der Waals surface area contributed by atoms with Crippen LogP contribution in [0.5, 0.6) is 0 Å². The highest BCUT2D eigenvalue weighted by atomic mass is 35.5.